The van der Waals surface area contributed by atoms with Gasteiger partial charge in [-0.25, -0.2) is 9.99 Å². The molecule has 0 bridgehead atoms. The van der Waals surface area contributed by atoms with Crippen LogP contribution >= 0.6 is 22.6 Å². The number of carboxylic acids is 1. The highest BCUT2D eigenvalue weighted by molar-refractivity contribution is 14.1. The molecule has 1 fully saturated rings. The number of hydrazine groups is 2. The second-order valence-corrected chi connectivity index (χ2v) is 7.41. The number of aliphatic carboxylic acids is 1. The summed E-state index contributed by atoms with van der Waals surface area (Å²) < 4.78 is 1.16. The zero-order chi connectivity index (χ0) is 17.4. The maximum atomic E-state index is 11.1. The summed E-state index contributed by atoms with van der Waals surface area (Å²) in [7, 11) is 0. The Labute approximate surface area is 158 Å². The predicted molar refractivity (Wildman–Crippen MR) is 102 cm³/mol. The number of nitrogens with zero attached hydrogens (tertiary/aromatic N) is 3. The average molecular weight is 452 g/mol. The quantitative estimate of drug-likeness (QED) is 0.526. The lowest BCUT2D eigenvalue weighted by Crippen LogP contribution is -2.31. The highest BCUT2D eigenvalue weighted by atomic mass is 127. The van der Waals surface area contributed by atoms with Gasteiger partial charge in [0, 0.05) is 9.61 Å². The first-order valence-corrected chi connectivity index (χ1v) is 9.12. The van der Waals surface area contributed by atoms with Gasteiger partial charge in [0.05, 0.1) is 17.8 Å². The Hall–Kier alpha value is -2.14. The second-order valence-electron chi connectivity index (χ2n) is 6.17. The topological polar surface area (TPSA) is 102 Å². The van der Waals surface area contributed by atoms with Crippen LogP contribution in [-0.2, 0) is 4.79 Å². The number of rotatable bonds is 4. The second kappa shape index (κ2) is 6.64. The normalized spacial score (nSPS) is 21.7. The van der Waals surface area contributed by atoms with Crippen molar-refractivity contribution in [1.29, 1.82) is 0 Å². The number of carbonyl (C=O) groups is 1. The first-order chi connectivity index (χ1) is 12.1. The van der Waals surface area contributed by atoms with Crippen molar-refractivity contribution in [2.45, 2.75) is 25.3 Å². The fourth-order valence-electron chi connectivity index (χ4n) is 3.17. The molecule has 1 saturated carbocycles. The van der Waals surface area contributed by atoms with Gasteiger partial charge in [0.2, 0.25) is 5.95 Å². The Morgan fingerprint density at radius 1 is 1.32 bits per heavy atom. The molecule has 2 aromatic rings. The van der Waals surface area contributed by atoms with Crippen molar-refractivity contribution in [3.63, 3.8) is 0 Å². The molecule has 0 spiro atoms. The van der Waals surface area contributed by atoms with Crippen molar-refractivity contribution in [2.75, 3.05) is 15.8 Å². The van der Waals surface area contributed by atoms with E-state index in [9.17, 15) is 4.79 Å². The lowest BCUT2D eigenvalue weighted by atomic mass is 10.1. The summed E-state index contributed by atoms with van der Waals surface area (Å²) in [6, 6.07) is 8.17. The van der Waals surface area contributed by atoms with Crippen LogP contribution in [0, 0.1) is 9.49 Å². The summed E-state index contributed by atoms with van der Waals surface area (Å²) in [6.07, 6.45) is 3.83. The number of carboxylic acid groups (broad SMARTS) is 1. The van der Waals surface area contributed by atoms with Crippen LogP contribution in [0.15, 0.2) is 30.5 Å². The lowest BCUT2D eigenvalue weighted by Gasteiger charge is -2.18. The molecule has 0 radical (unpaired) electrons. The van der Waals surface area contributed by atoms with Gasteiger partial charge in [-0.1, -0.05) is 0 Å². The van der Waals surface area contributed by atoms with E-state index < -0.39 is 5.97 Å². The van der Waals surface area contributed by atoms with E-state index >= 15 is 0 Å². The van der Waals surface area contributed by atoms with Gasteiger partial charge >= 0.3 is 5.97 Å². The molecule has 0 unspecified atom stereocenters. The standard InChI is InChI=1S/C16H17IN6O2/c17-10-2-5-12(6-3-10)23-14-13(21-22-23)8-18-16(20-14)19-11-4-1-9(7-11)15(24)25/h2-3,5-6,8-9,11,21-22H,1,4,7H2,(H,24,25)(H,18,19,20)/t9-,11-/m1/s1. The third-order valence-corrected chi connectivity index (χ3v) is 5.20. The van der Waals surface area contributed by atoms with E-state index in [4.69, 9.17) is 5.11 Å². The van der Waals surface area contributed by atoms with Gasteiger partial charge in [-0.05, 0) is 66.1 Å². The van der Waals surface area contributed by atoms with Gasteiger partial charge in [-0.3, -0.25) is 10.2 Å². The Balaban J connectivity index is 1.52. The Morgan fingerprint density at radius 2 is 2.12 bits per heavy atom. The van der Waals surface area contributed by atoms with Crippen molar-refractivity contribution in [2.24, 2.45) is 5.92 Å². The molecule has 2 aliphatic rings. The molecule has 1 aromatic carbocycles. The van der Waals surface area contributed by atoms with Crippen LogP contribution in [0.5, 0.6) is 0 Å². The molecular formula is C16H17IN6O2. The minimum absolute atomic E-state index is 0.0909. The van der Waals surface area contributed by atoms with Crippen LogP contribution in [0.4, 0.5) is 23.1 Å². The molecule has 2 atom stereocenters. The molecule has 9 heteroatoms. The number of hydrogen-bond donors (Lipinski definition) is 4. The van der Waals surface area contributed by atoms with Crippen LogP contribution in [0.1, 0.15) is 19.3 Å². The number of anilines is 4. The highest BCUT2D eigenvalue weighted by Crippen LogP contribution is 2.34. The van der Waals surface area contributed by atoms with Crippen molar-refractivity contribution in [1.82, 2.24) is 15.5 Å². The van der Waals surface area contributed by atoms with Gasteiger partial charge in [-0.2, -0.15) is 4.98 Å². The summed E-state index contributed by atoms with van der Waals surface area (Å²) in [5.74, 6) is 0.235. The van der Waals surface area contributed by atoms with Crippen LogP contribution in [-0.4, -0.2) is 27.1 Å². The molecule has 2 heterocycles. The molecule has 8 nitrogen and oxygen atoms in total. The lowest BCUT2D eigenvalue weighted by molar-refractivity contribution is -0.141. The zero-order valence-corrected chi connectivity index (χ0v) is 15.4. The third-order valence-electron chi connectivity index (χ3n) is 4.48. The summed E-state index contributed by atoms with van der Waals surface area (Å²) in [5.41, 5.74) is 7.88. The third kappa shape index (κ3) is 3.33. The minimum atomic E-state index is -0.725. The van der Waals surface area contributed by atoms with E-state index in [0.29, 0.717) is 18.8 Å². The molecule has 0 amide bonds. The van der Waals surface area contributed by atoms with E-state index in [1.165, 1.54) is 0 Å². The summed E-state index contributed by atoms with van der Waals surface area (Å²) in [6.45, 7) is 0. The number of benzene rings is 1. The molecule has 25 heavy (non-hydrogen) atoms. The van der Waals surface area contributed by atoms with Gasteiger partial charge in [0.15, 0.2) is 5.82 Å². The fourth-order valence-corrected chi connectivity index (χ4v) is 3.53. The van der Waals surface area contributed by atoms with E-state index in [1.807, 2.05) is 29.3 Å². The number of nitrogens with one attached hydrogen (secondary N) is 3. The number of fused-ring (bicyclic) bond motifs is 1. The molecule has 0 saturated heterocycles. The fraction of sp³-hybridized carbons (Fsp3) is 0.312. The van der Waals surface area contributed by atoms with Crippen molar-refractivity contribution >= 4 is 51.7 Å². The molecule has 4 N–H and O–H groups in total. The number of hydrogen-bond acceptors (Lipinski definition) is 7. The monoisotopic (exact) mass is 452 g/mol. The molecule has 1 aliphatic carbocycles. The minimum Gasteiger partial charge on any atom is -0.481 e. The maximum Gasteiger partial charge on any atom is 0.306 e. The van der Waals surface area contributed by atoms with Crippen LogP contribution in [0.3, 0.4) is 0 Å². The summed E-state index contributed by atoms with van der Waals surface area (Å²) >= 11 is 2.27. The van der Waals surface area contributed by atoms with E-state index in [1.54, 1.807) is 6.20 Å². The largest absolute Gasteiger partial charge is 0.481 e. The molecular weight excluding hydrogens is 435 g/mol. The summed E-state index contributed by atoms with van der Waals surface area (Å²) in [5, 5.41) is 14.2. The molecule has 130 valence electrons. The first kappa shape index (κ1) is 16.3. The van der Waals surface area contributed by atoms with Crippen LogP contribution in [0.2, 0.25) is 0 Å². The van der Waals surface area contributed by atoms with E-state index in [2.05, 4.69) is 48.8 Å². The van der Waals surface area contributed by atoms with Gasteiger partial charge in [0.1, 0.15) is 5.69 Å². The average Bonchev–Trinajstić information content (AvgIpc) is 3.22. The maximum absolute atomic E-state index is 11.1. The Kier molecular flexibility index (Phi) is 4.34. The number of aromatic nitrogens is 2. The SMILES string of the molecule is O=C(O)[C@@H]1CC[C@@H](Nc2ncc3c(n2)N(c2ccc(I)cc2)NN3)C1. The van der Waals surface area contributed by atoms with Crippen molar-refractivity contribution in [3.05, 3.63) is 34.0 Å². The number of halogens is 1. The molecule has 4 rings (SSSR count). The smallest absolute Gasteiger partial charge is 0.306 e. The first-order valence-electron chi connectivity index (χ1n) is 8.04. The molecule has 1 aromatic heterocycles. The highest BCUT2D eigenvalue weighted by Gasteiger charge is 2.30. The zero-order valence-electron chi connectivity index (χ0n) is 13.2. The predicted octanol–water partition coefficient (Wildman–Crippen LogP) is 2.73. The Bertz CT molecular complexity index is 800. The van der Waals surface area contributed by atoms with Gasteiger partial charge in [0.25, 0.3) is 0 Å². The van der Waals surface area contributed by atoms with Gasteiger partial charge in [-0.15, -0.1) is 5.53 Å². The van der Waals surface area contributed by atoms with Crippen LogP contribution in [0.25, 0.3) is 0 Å². The van der Waals surface area contributed by atoms with Crippen molar-refractivity contribution < 1.29 is 9.90 Å². The Morgan fingerprint density at radius 3 is 2.84 bits per heavy atom. The van der Waals surface area contributed by atoms with E-state index in [0.717, 1.165) is 27.2 Å². The van der Waals surface area contributed by atoms with Gasteiger partial charge < -0.3 is 10.4 Å². The molecule has 1 aliphatic heterocycles. The van der Waals surface area contributed by atoms with E-state index in [-0.39, 0.29) is 12.0 Å². The summed E-state index contributed by atoms with van der Waals surface area (Å²) in [4.78, 5) is 20.0. The van der Waals surface area contributed by atoms with Crippen molar-refractivity contribution in [3.8, 4) is 0 Å². The van der Waals surface area contributed by atoms with Crippen LogP contribution < -0.4 is 21.3 Å².